The fourth-order valence-corrected chi connectivity index (χ4v) is 3.74. The van der Waals surface area contributed by atoms with Crippen molar-refractivity contribution in [2.45, 2.75) is 25.4 Å². The first kappa shape index (κ1) is 14.1. The second-order valence-corrected chi connectivity index (χ2v) is 6.67. The van der Waals surface area contributed by atoms with Crippen LogP contribution < -0.4 is 4.90 Å². The van der Waals surface area contributed by atoms with Crippen molar-refractivity contribution < 1.29 is 9.53 Å². The summed E-state index contributed by atoms with van der Waals surface area (Å²) < 4.78 is 5.59. The zero-order chi connectivity index (χ0) is 16.2. The normalized spacial score (nSPS) is 22.9. The van der Waals surface area contributed by atoms with Crippen molar-refractivity contribution in [3.63, 3.8) is 0 Å². The molecule has 23 heavy (non-hydrogen) atoms. The van der Waals surface area contributed by atoms with Gasteiger partial charge in [-0.3, -0.25) is 0 Å². The van der Waals surface area contributed by atoms with Crippen molar-refractivity contribution in [3.8, 4) is 0 Å². The van der Waals surface area contributed by atoms with Gasteiger partial charge in [-0.15, -0.1) is 0 Å². The lowest BCUT2D eigenvalue weighted by atomic mass is 9.83. The molecule has 0 saturated heterocycles. The van der Waals surface area contributed by atoms with E-state index in [1.165, 1.54) is 11.3 Å². The highest BCUT2D eigenvalue weighted by atomic mass is 16.5. The van der Waals surface area contributed by atoms with E-state index in [9.17, 15) is 4.79 Å². The van der Waals surface area contributed by atoms with Gasteiger partial charge in [0.2, 0.25) is 0 Å². The predicted molar refractivity (Wildman–Crippen MR) is 90.6 cm³/mol. The smallest absolute Gasteiger partial charge is 0.339 e. The number of esters is 1. The molecule has 0 N–H and O–H groups in total. The molecule has 1 unspecified atom stereocenters. The summed E-state index contributed by atoms with van der Waals surface area (Å²) in [4.78, 5) is 14.2. The van der Waals surface area contributed by atoms with Crippen LogP contribution in [0.2, 0.25) is 0 Å². The van der Waals surface area contributed by atoms with Gasteiger partial charge in [-0.1, -0.05) is 50.2 Å². The predicted octanol–water partition coefficient (Wildman–Crippen LogP) is 4.21. The van der Waals surface area contributed by atoms with Gasteiger partial charge in [0.1, 0.15) is 6.10 Å². The quantitative estimate of drug-likeness (QED) is 0.739. The van der Waals surface area contributed by atoms with Crippen LogP contribution in [0.1, 0.15) is 41.4 Å². The van der Waals surface area contributed by atoms with E-state index >= 15 is 0 Å². The summed E-state index contributed by atoms with van der Waals surface area (Å²) in [5.41, 5.74) is 5.17. The van der Waals surface area contributed by atoms with Crippen LogP contribution in [0.25, 0.3) is 0 Å². The monoisotopic (exact) mass is 305 g/mol. The molecule has 0 saturated carbocycles. The summed E-state index contributed by atoms with van der Waals surface area (Å²) in [6.07, 6.45) is 1.77. The first-order valence-corrected chi connectivity index (χ1v) is 7.85. The van der Waals surface area contributed by atoms with E-state index in [-0.39, 0.29) is 17.5 Å². The number of hydrogen-bond acceptors (Lipinski definition) is 3. The molecule has 2 heterocycles. The molecule has 2 aromatic rings. The summed E-state index contributed by atoms with van der Waals surface area (Å²) in [5.74, 6) is -0.238. The summed E-state index contributed by atoms with van der Waals surface area (Å²) >= 11 is 0. The van der Waals surface area contributed by atoms with Crippen molar-refractivity contribution in [2.24, 2.45) is 0 Å². The minimum Gasteiger partial charge on any atom is -0.449 e. The summed E-state index contributed by atoms with van der Waals surface area (Å²) in [6.45, 7) is 4.42. The average molecular weight is 305 g/mol. The molecule has 3 heteroatoms. The number of anilines is 1. The van der Waals surface area contributed by atoms with Gasteiger partial charge in [0, 0.05) is 29.4 Å². The van der Waals surface area contributed by atoms with E-state index in [0.717, 1.165) is 11.3 Å². The zero-order valence-corrected chi connectivity index (χ0v) is 13.5. The summed E-state index contributed by atoms with van der Waals surface area (Å²) in [5, 5.41) is 0. The SMILES string of the molecule is CN1/C(=C\C2OC(=O)c3ccccc32)C(C)(C)c2ccccc21. The molecule has 0 bridgehead atoms. The Morgan fingerprint density at radius 2 is 1.78 bits per heavy atom. The number of fused-ring (bicyclic) bond motifs is 2. The number of benzene rings is 2. The van der Waals surface area contributed by atoms with Crippen LogP contribution in [0.15, 0.2) is 60.3 Å². The standard InChI is InChI=1S/C20H19NO2/c1-20(2)15-10-6-7-11-16(15)21(3)18(20)12-17-13-8-4-5-9-14(13)19(22)23-17/h4-12,17H,1-3H3/b18-12-. The number of allylic oxidation sites excluding steroid dienone is 1. The number of carbonyl (C=O) groups excluding carboxylic acids is 1. The van der Waals surface area contributed by atoms with Crippen molar-refractivity contribution in [2.75, 3.05) is 11.9 Å². The largest absolute Gasteiger partial charge is 0.449 e. The number of cyclic esters (lactones) is 1. The Hall–Kier alpha value is -2.55. The number of rotatable bonds is 1. The van der Waals surface area contributed by atoms with E-state index in [1.807, 2.05) is 24.3 Å². The van der Waals surface area contributed by atoms with Gasteiger partial charge >= 0.3 is 5.97 Å². The van der Waals surface area contributed by atoms with Crippen molar-refractivity contribution in [1.29, 1.82) is 0 Å². The molecule has 0 aromatic heterocycles. The molecule has 0 radical (unpaired) electrons. The molecule has 116 valence electrons. The van der Waals surface area contributed by atoms with Crippen molar-refractivity contribution in [1.82, 2.24) is 0 Å². The average Bonchev–Trinajstić information content (AvgIpc) is 2.97. The molecule has 4 rings (SSSR count). The van der Waals surface area contributed by atoms with Crippen LogP contribution >= 0.6 is 0 Å². The number of nitrogens with zero attached hydrogens (tertiary/aromatic N) is 1. The molecule has 2 aromatic carbocycles. The Bertz CT molecular complexity index is 835. The van der Waals surface area contributed by atoms with Crippen LogP contribution in [-0.4, -0.2) is 13.0 Å². The molecule has 2 aliphatic heterocycles. The Labute approximate surface area is 136 Å². The van der Waals surface area contributed by atoms with E-state index in [4.69, 9.17) is 4.74 Å². The highest BCUT2D eigenvalue weighted by Crippen LogP contribution is 2.48. The Morgan fingerprint density at radius 1 is 1.09 bits per heavy atom. The fraction of sp³-hybridized carbons (Fsp3) is 0.250. The van der Waals surface area contributed by atoms with E-state index in [2.05, 4.69) is 56.1 Å². The van der Waals surface area contributed by atoms with Gasteiger partial charge < -0.3 is 9.64 Å². The lowest BCUT2D eigenvalue weighted by Gasteiger charge is -2.25. The Kier molecular flexibility index (Phi) is 2.89. The van der Waals surface area contributed by atoms with Crippen molar-refractivity contribution >= 4 is 11.7 Å². The van der Waals surface area contributed by atoms with Gasteiger partial charge in [-0.05, 0) is 23.8 Å². The zero-order valence-electron chi connectivity index (χ0n) is 13.5. The maximum Gasteiger partial charge on any atom is 0.339 e. The number of likely N-dealkylation sites (N-methyl/N-ethyl adjacent to an activating group) is 1. The highest BCUT2D eigenvalue weighted by molar-refractivity contribution is 5.94. The molecular formula is C20H19NO2. The maximum absolute atomic E-state index is 12.0. The van der Waals surface area contributed by atoms with Crippen LogP contribution in [0.4, 0.5) is 5.69 Å². The first-order chi connectivity index (χ1) is 11.0. The number of ether oxygens (including phenoxy) is 1. The molecule has 0 aliphatic carbocycles. The maximum atomic E-state index is 12.0. The molecular weight excluding hydrogens is 286 g/mol. The number of para-hydroxylation sites is 1. The third kappa shape index (κ3) is 1.93. The Morgan fingerprint density at radius 3 is 2.57 bits per heavy atom. The summed E-state index contributed by atoms with van der Waals surface area (Å²) in [7, 11) is 2.07. The highest BCUT2D eigenvalue weighted by Gasteiger charge is 2.40. The lowest BCUT2D eigenvalue weighted by molar-refractivity contribution is 0.0465. The van der Waals surface area contributed by atoms with Crippen LogP contribution in [-0.2, 0) is 10.2 Å². The van der Waals surface area contributed by atoms with Crippen LogP contribution in [0.5, 0.6) is 0 Å². The molecule has 2 aliphatic rings. The van der Waals surface area contributed by atoms with Gasteiger partial charge in [-0.2, -0.15) is 0 Å². The fourth-order valence-electron chi connectivity index (χ4n) is 3.74. The van der Waals surface area contributed by atoms with Gasteiger partial charge in [0.25, 0.3) is 0 Å². The lowest BCUT2D eigenvalue weighted by Crippen LogP contribution is -2.23. The molecule has 0 amide bonds. The second-order valence-electron chi connectivity index (χ2n) is 6.67. The van der Waals surface area contributed by atoms with Crippen molar-refractivity contribution in [3.05, 3.63) is 77.0 Å². The molecule has 3 nitrogen and oxygen atoms in total. The Balaban J connectivity index is 1.81. The van der Waals surface area contributed by atoms with E-state index < -0.39 is 0 Å². The second kappa shape index (κ2) is 4.72. The van der Waals surface area contributed by atoms with E-state index in [0.29, 0.717) is 5.56 Å². The van der Waals surface area contributed by atoms with Crippen LogP contribution in [0.3, 0.4) is 0 Å². The third-order valence-electron chi connectivity index (χ3n) is 4.97. The first-order valence-electron chi connectivity index (χ1n) is 7.85. The molecule has 0 fully saturated rings. The number of carbonyl (C=O) groups is 1. The minimum absolute atomic E-state index is 0.116. The number of hydrogen-bond donors (Lipinski definition) is 0. The topological polar surface area (TPSA) is 29.5 Å². The summed E-state index contributed by atoms with van der Waals surface area (Å²) in [6, 6.07) is 16.0. The van der Waals surface area contributed by atoms with E-state index in [1.54, 1.807) is 0 Å². The van der Waals surface area contributed by atoms with Crippen LogP contribution in [0, 0.1) is 0 Å². The minimum atomic E-state index is -0.315. The molecule has 0 spiro atoms. The van der Waals surface area contributed by atoms with Gasteiger partial charge in [-0.25, -0.2) is 4.79 Å². The molecule has 1 atom stereocenters. The van der Waals surface area contributed by atoms with Gasteiger partial charge in [0.15, 0.2) is 0 Å². The third-order valence-corrected chi connectivity index (χ3v) is 4.97. The van der Waals surface area contributed by atoms with Gasteiger partial charge in [0.05, 0.1) is 5.56 Å².